The Kier molecular flexibility index (Phi) is 6.37. The average Bonchev–Trinajstić information content (AvgIpc) is 2.61. The maximum absolute atomic E-state index is 11.9. The van der Waals surface area contributed by atoms with Gasteiger partial charge in [-0.25, -0.2) is 4.79 Å². The quantitative estimate of drug-likeness (QED) is 0.768. The lowest BCUT2D eigenvalue weighted by molar-refractivity contribution is -0.121. The number of hydrogen-bond donors (Lipinski definition) is 2. The number of carbonyl (C=O) groups excluding carboxylic acids is 2. The van der Waals surface area contributed by atoms with Gasteiger partial charge in [0.1, 0.15) is 0 Å². The lowest BCUT2D eigenvalue weighted by Crippen LogP contribution is -2.25. The Bertz CT molecular complexity index is 696. The second-order valence-corrected chi connectivity index (χ2v) is 5.48. The second-order valence-electron chi connectivity index (χ2n) is 5.48. The third kappa shape index (κ3) is 5.12. The van der Waals surface area contributed by atoms with Crippen molar-refractivity contribution in [2.24, 2.45) is 0 Å². The second kappa shape index (κ2) is 8.72. The van der Waals surface area contributed by atoms with E-state index in [0.717, 1.165) is 5.56 Å². The van der Waals surface area contributed by atoms with Crippen LogP contribution in [0.25, 0.3) is 0 Å². The summed E-state index contributed by atoms with van der Waals surface area (Å²) >= 11 is 0. The van der Waals surface area contributed by atoms with Crippen LogP contribution in [0.4, 0.5) is 5.69 Å². The van der Waals surface area contributed by atoms with Crippen LogP contribution in [0.3, 0.4) is 0 Å². The number of nitrogens with one attached hydrogen (secondary N) is 2. The van der Waals surface area contributed by atoms with Gasteiger partial charge in [0, 0.05) is 25.2 Å². The van der Waals surface area contributed by atoms with E-state index >= 15 is 0 Å². The summed E-state index contributed by atoms with van der Waals surface area (Å²) in [5.74, 6) is -0.444. The molecule has 0 atom stereocenters. The van der Waals surface area contributed by atoms with Crippen LogP contribution in [-0.2, 0) is 16.1 Å². The summed E-state index contributed by atoms with van der Waals surface area (Å²) in [6.45, 7) is 2.98. The topological polar surface area (TPSA) is 67.4 Å². The van der Waals surface area contributed by atoms with Crippen LogP contribution < -0.4 is 10.6 Å². The number of rotatable bonds is 7. The van der Waals surface area contributed by atoms with Crippen LogP contribution in [0.1, 0.15) is 27.9 Å². The van der Waals surface area contributed by atoms with Crippen LogP contribution in [0.15, 0.2) is 48.5 Å². The number of carbonyl (C=O) groups is 2. The molecule has 0 fully saturated rings. The summed E-state index contributed by atoms with van der Waals surface area (Å²) in [5.41, 5.74) is 3.38. The predicted molar refractivity (Wildman–Crippen MR) is 93.9 cm³/mol. The molecule has 2 aromatic carbocycles. The van der Waals surface area contributed by atoms with Crippen molar-refractivity contribution >= 4 is 17.6 Å². The van der Waals surface area contributed by atoms with E-state index in [4.69, 9.17) is 4.74 Å². The van der Waals surface area contributed by atoms with Gasteiger partial charge in [-0.1, -0.05) is 42.0 Å². The van der Waals surface area contributed by atoms with Gasteiger partial charge < -0.3 is 15.4 Å². The molecule has 2 N–H and O–H groups in total. The number of esters is 1. The van der Waals surface area contributed by atoms with Crippen molar-refractivity contribution in [1.29, 1.82) is 0 Å². The molecule has 0 spiro atoms. The van der Waals surface area contributed by atoms with Crippen molar-refractivity contribution in [3.05, 3.63) is 65.2 Å². The highest BCUT2D eigenvalue weighted by atomic mass is 16.5. The molecule has 0 aromatic heterocycles. The Hall–Kier alpha value is -2.82. The van der Waals surface area contributed by atoms with Gasteiger partial charge in [0.2, 0.25) is 5.91 Å². The summed E-state index contributed by atoms with van der Waals surface area (Å²) in [7, 11) is 1.34. The monoisotopic (exact) mass is 326 g/mol. The molecule has 0 aliphatic rings. The molecule has 0 saturated heterocycles. The number of benzene rings is 2. The van der Waals surface area contributed by atoms with Gasteiger partial charge in [-0.2, -0.15) is 0 Å². The third-order valence-electron chi connectivity index (χ3n) is 3.61. The van der Waals surface area contributed by atoms with E-state index < -0.39 is 5.97 Å². The van der Waals surface area contributed by atoms with Crippen molar-refractivity contribution < 1.29 is 14.3 Å². The first-order valence-corrected chi connectivity index (χ1v) is 7.83. The van der Waals surface area contributed by atoms with Crippen molar-refractivity contribution in [3.63, 3.8) is 0 Å². The van der Waals surface area contributed by atoms with Gasteiger partial charge in [-0.3, -0.25) is 4.79 Å². The fourth-order valence-corrected chi connectivity index (χ4v) is 2.23. The Morgan fingerprint density at radius 3 is 2.46 bits per heavy atom. The van der Waals surface area contributed by atoms with Gasteiger partial charge in [-0.15, -0.1) is 0 Å². The molecule has 24 heavy (non-hydrogen) atoms. The molecule has 126 valence electrons. The fourth-order valence-electron chi connectivity index (χ4n) is 2.23. The summed E-state index contributed by atoms with van der Waals surface area (Å²) < 4.78 is 4.74. The van der Waals surface area contributed by atoms with Crippen LogP contribution >= 0.6 is 0 Å². The zero-order valence-corrected chi connectivity index (χ0v) is 14.0. The van der Waals surface area contributed by atoms with E-state index in [9.17, 15) is 9.59 Å². The van der Waals surface area contributed by atoms with Crippen LogP contribution in [0.5, 0.6) is 0 Å². The van der Waals surface area contributed by atoms with Gasteiger partial charge in [0.15, 0.2) is 0 Å². The van der Waals surface area contributed by atoms with Crippen LogP contribution in [-0.4, -0.2) is 25.5 Å². The number of aryl methyl sites for hydroxylation is 1. The largest absolute Gasteiger partial charge is 0.465 e. The molecule has 0 aliphatic heterocycles. The smallest absolute Gasteiger partial charge is 0.339 e. The predicted octanol–water partition coefficient (Wildman–Crippen LogP) is 2.90. The zero-order chi connectivity index (χ0) is 17.4. The van der Waals surface area contributed by atoms with Gasteiger partial charge in [0.25, 0.3) is 0 Å². The molecular weight excluding hydrogens is 304 g/mol. The van der Waals surface area contributed by atoms with Crippen molar-refractivity contribution in [2.45, 2.75) is 19.9 Å². The first kappa shape index (κ1) is 17.5. The summed E-state index contributed by atoms with van der Waals surface area (Å²) in [5, 5.41) is 5.99. The van der Waals surface area contributed by atoms with E-state index in [1.54, 1.807) is 18.2 Å². The molecule has 2 rings (SSSR count). The fraction of sp³-hybridized carbons (Fsp3) is 0.263. The molecule has 0 radical (unpaired) electrons. The van der Waals surface area contributed by atoms with E-state index in [0.29, 0.717) is 30.8 Å². The number of ether oxygens (including phenoxy) is 1. The molecule has 0 unspecified atom stereocenters. The minimum atomic E-state index is -0.401. The minimum absolute atomic E-state index is 0.0429. The van der Waals surface area contributed by atoms with E-state index in [1.807, 2.05) is 37.3 Å². The number of hydrogen-bond acceptors (Lipinski definition) is 4. The Balaban J connectivity index is 1.78. The van der Waals surface area contributed by atoms with E-state index in [2.05, 4.69) is 10.6 Å². The zero-order valence-electron chi connectivity index (χ0n) is 14.0. The number of methoxy groups -OCH3 is 1. The molecule has 2 aromatic rings. The van der Waals surface area contributed by atoms with Gasteiger partial charge >= 0.3 is 5.97 Å². The highest BCUT2D eigenvalue weighted by molar-refractivity contribution is 5.95. The lowest BCUT2D eigenvalue weighted by Gasteiger charge is -2.11. The molecular formula is C19H22N2O3. The van der Waals surface area contributed by atoms with Crippen LogP contribution in [0.2, 0.25) is 0 Å². The van der Waals surface area contributed by atoms with E-state index in [1.165, 1.54) is 12.7 Å². The first-order chi connectivity index (χ1) is 11.6. The Morgan fingerprint density at radius 1 is 1.04 bits per heavy atom. The summed E-state index contributed by atoms with van der Waals surface area (Å²) in [4.78, 5) is 23.6. The highest BCUT2D eigenvalue weighted by Gasteiger charge is 2.10. The number of amides is 1. The van der Waals surface area contributed by atoms with Gasteiger partial charge in [-0.05, 0) is 24.6 Å². The number of para-hydroxylation sites is 1. The molecule has 0 heterocycles. The normalized spacial score (nSPS) is 10.1. The third-order valence-corrected chi connectivity index (χ3v) is 3.61. The summed E-state index contributed by atoms with van der Waals surface area (Å²) in [6, 6.07) is 15.1. The Labute approximate surface area is 142 Å². The average molecular weight is 326 g/mol. The molecule has 5 nitrogen and oxygen atoms in total. The summed E-state index contributed by atoms with van der Waals surface area (Å²) in [6.07, 6.45) is 0.321. The molecule has 0 aliphatic carbocycles. The maximum Gasteiger partial charge on any atom is 0.339 e. The molecule has 0 saturated carbocycles. The lowest BCUT2D eigenvalue weighted by atomic mass is 10.1. The Morgan fingerprint density at radius 2 is 1.75 bits per heavy atom. The SMILES string of the molecule is COC(=O)c1ccccc1NCCC(=O)NCc1ccc(C)cc1. The van der Waals surface area contributed by atoms with Crippen molar-refractivity contribution in [3.8, 4) is 0 Å². The van der Waals surface area contributed by atoms with Crippen molar-refractivity contribution in [2.75, 3.05) is 19.0 Å². The first-order valence-electron chi connectivity index (χ1n) is 7.83. The number of anilines is 1. The molecule has 1 amide bonds. The molecule has 5 heteroatoms. The molecule has 0 bridgehead atoms. The van der Waals surface area contributed by atoms with Crippen LogP contribution in [0, 0.1) is 6.92 Å². The maximum atomic E-state index is 11.9. The van der Waals surface area contributed by atoms with Gasteiger partial charge in [0.05, 0.1) is 12.7 Å². The highest BCUT2D eigenvalue weighted by Crippen LogP contribution is 2.15. The minimum Gasteiger partial charge on any atom is -0.465 e. The van der Waals surface area contributed by atoms with Crippen molar-refractivity contribution in [1.82, 2.24) is 5.32 Å². The van der Waals surface area contributed by atoms with E-state index in [-0.39, 0.29) is 5.91 Å². The standard InChI is InChI=1S/C19H22N2O3/c1-14-7-9-15(10-8-14)13-21-18(22)11-12-20-17-6-4-3-5-16(17)19(23)24-2/h3-10,20H,11-13H2,1-2H3,(H,21,22).